The largest absolute Gasteiger partial charge is 0.354 e. The van der Waals surface area contributed by atoms with Gasteiger partial charge in [0, 0.05) is 25.5 Å². The van der Waals surface area contributed by atoms with Crippen LogP contribution in [0.5, 0.6) is 0 Å². The van der Waals surface area contributed by atoms with Crippen molar-refractivity contribution in [2.45, 2.75) is 26.7 Å². The average Bonchev–Trinajstić information content (AvgIpc) is 2.97. The van der Waals surface area contributed by atoms with Crippen LogP contribution < -0.4 is 10.6 Å². The van der Waals surface area contributed by atoms with Gasteiger partial charge >= 0.3 is 0 Å². The summed E-state index contributed by atoms with van der Waals surface area (Å²) in [7, 11) is 0. The van der Waals surface area contributed by atoms with Crippen molar-refractivity contribution in [3.8, 4) is 5.95 Å². The van der Waals surface area contributed by atoms with E-state index in [9.17, 15) is 0 Å². The van der Waals surface area contributed by atoms with E-state index in [0.717, 1.165) is 25.9 Å². The average molecular weight is 261 g/mol. The lowest BCUT2D eigenvalue weighted by atomic mass is 10.5. The van der Waals surface area contributed by atoms with Crippen LogP contribution in [-0.2, 0) is 0 Å². The molecular weight excluding hydrogens is 242 g/mol. The van der Waals surface area contributed by atoms with Crippen LogP contribution in [0.25, 0.3) is 5.95 Å². The summed E-state index contributed by atoms with van der Waals surface area (Å²) in [6, 6.07) is 0. The van der Waals surface area contributed by atoms with E-state index >= 15 is 0 Å². The normalized spacial score (nSPS) is 10.4. The van der Waals surface area contributed by atoms with Crippen molar-refractivity contribution in [3.05, 3.63) is 18.7 Å². The number of anilines is 2. The monoisotopic (exact) mass is 261 g/mol. The standard InChI is InChI=1S/C12H19N7/c1-3-5-14-10-16-11(15-6-4-2)18-12(17-10)19-8-7-13-9-19/h7-9H,3-6H2,1-2H3,(H2,14,15,16,17,18). The van der Waals surface area contributed by atoms with Crippen LogP contribution in [0.15, 0.2) is 18.7 Å². The number of aromatic nitrogens is 5. The van der Waals surface area contributed by atoms with E-state index in [1.165, 1.54) is 0 Å². The molecule has 2 rings (SSSR count). The van der Waals surface area contributed by atoms with E-state index in [4.69, 9.17) is 0 Å². The summed E-state index contributed by atoms with van der Waals surface area (Å²) in [5.74, 6) is 1.73. The number of nitrogens with zero attached hydrogens (tertiary/aromatic N) is 5. The highest BCUT2D eigenvalue weighted by molar-refractivity contribution is 5.37. The fraction of sp³-hybridized carbons (Fsp3) is 0.500. The second kappa shape index (κ2) is 6.67. The summed E-state index contributed by atoms with van der Waals surface area (Å²) < 4.78 is 1.76. The van der Waals surface area contributed by atoms with Crippen molar-refractivity contribution in [1.29, 1.82) is 0 Å². The number of imidazole rings is 1. The maximum Gasteiger partial charge on any atom is 0.241 e. The van der Waals surface area contributed by atoms with E-state index in [0.29, 0.717) is 17.8 Å². The molecule has 2 heterocycles. The smallest absolute Gasteiger partial charge is 0.241 e. The van der Waals surface area contributed by atoms with Crippen LogP contribution in [0.2, 0.25) is 0 Å². The summed E-state index contributed by atoms with van der Waals surface area (Å²) in [5, 5.41) is 6.36. The van der Waals surface area contributed by atoms with Crippen LogP contribution in [0.1, 0.15) is 26.7 Å². The third kappa shape index (κ3) is 3.64. The SMILES string of the molecule is CCCNc1nc(NCCC)nc(-n2ccnc2)n1. The van der Waals surface area contributed by atoms with Gasteiger partial charge in [0.25, 0.3) is 0 Å². The lowest BCUT2D eigenvalue weighted by Crippen LogP contribution is -2.13. The fourth-order valence-corrected chi connectivity index (χ4v) is 1.49. The molecule has 0 aliphatic heterocycles. The first-order chi connectivity index (χ1) is 9.33. The number of hydrogen-bond donors (Lipinski definition) is 2. The molecule has 0 amide bonds. The summed E-state index contributed by atoms with van der Waals surface area (Å²) >= 11 is 0. The summed E-state index contributed by atoms with van der Waals surface area (Å²) in [6.07, 6.45) is 7.21. The Kier molecular flexibility index (Phi) is 4.66. The Balaban J connectivity index is 2.25. The molecule has 0 aromatic carbocycles. The summed E-state index contributed by atoms with van der Waals surface area (Å²) in [4.78, 5) is 17.1. The Labute approximate surface area is 112 Å². The third-order valence-corrected chi connectivity index (χ3v) is 2.43. The van der Waals surface area contributed by atoms with Gasteiger partial charge in [-0.1, -0.05) is 13.8 Å². The minimum Gasteiger partial charge on any atom is -0.354 e. The molecule has 0 bridgehead atoms. The maximum atomic E-state index is 4.37. The second-order valence-electron chi connectivity index (χ2n) is 4.11. The molecule has 0 unspecified atom stereocenters. The Morgan fingerprint density at radius 1 is 1.00 bits per heavy atom. The van der Waals surface area contributed by atoms with E-state index < -0.39 is 0 Å². The van der Waals surface area contributed by atoms with E-state index in [1.807, 2.05) is 6.20 Å². The molecule has 2 N–H and O–H groups in total. The van der Waals surface area contributed by atoms with Crippen LogP contribution >= 0.6 is 0 Å². The first-order valence-corrected chi connectivity index (χ1v) is 6.55. The first kappa shape index (κ1) is 13.3. The molecule has 0 aliphatic rings. The van der Waals surface area contributed by atoms with Gasteiger partial charge in [0.1, 0.15) is 6.33 Å². The summed E-state index contributed by atoms with van der Waals surface area (Å²) in [6.45, 7) is 5.86. The zero-order chi connectivity index (χ0) is 13.5. The van der Waals surface area contributed by atoms with Gasteiger partial charge in [-0.15, -0.1) is 0 Å². The highest BCUT2D eigenvalue weighted by Gasteiger charge is 2.07. The molecule has 7 nitrogen and oxygen atoms in total. The molecule has 0 saturated carbocycles. The van der Waals surface area contributed by atoms with Crippen molar-refractivity contribution < 1.29 is 0 Å². The molecule has 7 heteroatoms. The lowest BCUT2D eigenvalue weighted by molar-refractivity contribution is 0.867. The number of hydrogen-bond acceptors (Lipinski definition) is 6. The highest BCUT2D eigenvalue weighted by Crippen LogP contribution is 2.09. The molecule has 0 fully saturated rings. The zero-order valence-corrected chi connectivity index (χ0v) is 11.3. The van der Waals surface area contributed by atoms with Crippen molar-refractivity contribution in [3.63, 3.8) is 0 Å². The van der Waals surface area contributed by atoms with E-state index in [2.05, 4.69) is 44.4 Å². The topological polar surface area (TPSA) is 80.5 Å². The molecule has 102 valence electrons. The molecule has 0 aliphatic carbocycles. The summed E-state index contributed by atoms with van der Waals surface area (Å²) in [5.41, 5.74) is 0. The Morgan fingerprint density at radius 3 is 2.11 bits per heavy atom. The van der Waals surface area contributed by atoms with Gasteiger partial charge in [-0.3, -0.25) is 4.57 Å². The fourth-order valence-electron chi connectivity index (χ4n) is 1.49. The second-order valence-corrected chi connectivity index (χ2v) is 4.11. The van der Waals surface area contributed by atoms with Crippen LogP contribution in [0.3, 0.4) is 0 Å². The first-order valence-electron chi connectivity index (χ1n) is 6.55. The van der Waals surface area contributed by atoms with Gasteiger partial charge in [-0.25, -0.2) is 4.98 Å². The van der Waals surface area contributed by atoms with Gasteiger partial charge in [0.15, 0.2) is 0 Å². The van der Waals surface area contributed by atoms with E-state index in [-0.39, 0.29) is 0 Å². The predicted octanol–water partition coefficient (Wildman–Crippen LogP) is 1.70. The molecule has 19 heavy (non-hydrogen) atoms. The van der Waals surface area contributed by atoms with Crippen LogP contribution in [0.4, 0.5) is 11.9 Å². The highest BCUT2D eigenvalue weighted by atomic mass is 15.3. The lowest BCUT2D eigenvalue weighted by Gasteiger charge is -2.09. The van der Waals surface area contributed by atoms with Crippen molar-refractivity contribution >= 4 is 11.9 Å². The quantitative estimate of drug-likeness (QED) is 0.789. The minimum atomic E-state index is 0.560. The van der Waals surface area contributed by atoms with Crippen molar-refractivity contribution in [1.82, 2.24) is 24.5 Å². The van der Waals surface area contributed by atoms with E-state index in [1.54, 1.807) is 17.1 Å². The molecule has 2 aromatic rings. The van der Waals surface area contributed by atoms with Gasteiger partial charge in [0.2, 0.25) is 17.8 Å². The van der Waals surface area contributed by atoms with Crippen molar-refractivity contribution in [2.75, 3.05) is 23.7 Å². The molecular formula is C12H19N7. The van der Waals surface area contributed by atoms with Crippen LogP contribution in [0, 0.1) is 0 Å². The predicted molar refractivity (Wildman–Crippen MR) is 74.5 cm³/mol. The maximum absolute atomic E-state index is 4.37. The zero-order valence-electron chi connectivity index (χ0n) is 11.3. The van der Waals surface area contributed by atoms with Gasteiger partial charge in [-0.05, 0) is 12.8 Å². The molecule has 2 aromatic heterocycles. The van der Waals surface area contributed by atoms with Crippen LogP contribution in [-0.4, -0.2) is 37.6 Å². The van der Waals surface area contributed by atoms with Gasteiger partial charge < -0.3 is 10.6 Å². The molecule has 0 atom stereocenters. The third-order valence-electron chi connectivity index (χ3n) is 2.43. The molecule has 0 saturated heterocycles. The molecule has 0 spiro atoms. The van der Waals surface area contributed by atoms with Crippen molar-refractivity contribution in [2.24, 2.45) is 0 Å². The van der Waals surface area contributed by atoms with Gasteiger partial charge in [0.05, 0.1) is 0 Å². The Morgan fingerprint density at radius 2 is 1.63 bits per heavy atom. The minimum absolute atomic E-state index is 0.560. The number of nitrogens with one attached hydrogen (secondary N) is 2. The Hall–Kier alpha value is -2.18. The Bertz CT molecular complexity index is 469. The molecule has 0 radical (unpaired) electrons. The number of rotatable bonds is 7. The van der Waals surface area contributed by atoms with Gasteiger partial charge in [-0.2, -0.15) is 15.0 Å².